The number of carbonyl (C=O) groups is 2. The van der Waals surface area contributed by atoms with Crippen LogP contribution in [-0.2, 0) is 32.6 Å². The molecule has 4 rings (SSSR count). The molecule has 4 aromatic rings. The molecule has 47 heavy (non-hydrogen) atoms. The molecular weight excluding hydrogens is 611 g/mol. The first-order valence-corrected chi connectivity index (χ1v) is 17.5. The molecule has 248 valence electrons. The summed E-state index contributed by atoms with van der Waals surface area (Å²) >= 11 is 0. The SMILES string of the molecule is CCOc1ccccc1N(CC(=O)N(Cc1ccc(C)cc1)[C@@H](Cc1ccccc1)C(=O)N[C@@H](C)CC)S(=O)(=O)c1ccc(C)cc1. The second-order valence-corrected chi connectivity index (χ2v) is 13.6. The lowest BCUT2D eigenvalue weighted by Gasteiger charge is -2.34. The van der Waals surface area contributed by atoms with Crippen LogP contribution in [0.2, 0.25) is 0 Å². The Bertz CT molecular complexity index is 1730. The van der Waals surface area contributed by atoms with Gasteiger partial charge in [0.1, 0.15) is 18.3 Å². The van der Waals surface area contributed by atoms with E-state index in [4.69, 9.17) is 4.74 Å². The summed E-state index contributed by atoms with van der Waals surface area (Å²) in [6.07, 6.45) is 0.966. The summed E-state index contributed by atoms with van der Waals surface area (Å²) in [5, 5.41) is 3.07. The van der Waals surface area contributed by atoms with Gasteiger partial charge < -0.3 is 15.0 Å². The van der Waals surface area contributed by atoms with Gasteiger partial charge in [0.25, 0.3) is 10.0 Å². The topological polar surface area (TPSA) is 96.0 Å². The van der Waals surface area contributed by atoms with E-state index in [-0.39, 0.29) is 35.5 Å². The van der Waals surface area contributed by atoms with Crippen LogP contribution < -0.4 is 14.4 Å². The molecule has 0 saturated heterocycles. The molecule has 4 aromatic carbocycles. The zero-order chi connectivity index (χ0) is 34.0. The maximum absolute atomic E-state index is 14.7. The summed E-state index contributed by atoms with van der Waals surface area (Å²) in [7, 11) is -4.24. The highest BCUT2D eigenvalue weighted by Gasteiger charge is 2.35. The van der Waals surface area contributed by atoms with Crippen LogP contribution in [0.5, 0.6) is 5.75 Å². The number of hydrogen-bond acceptors (Lipinski definition) is 5. The molecule has 0 fully saturated rings. The van der Waals surface area contributed by atoms with E-state index in [1.165, 1.54) is 17.0 Å². The number of nitrogens with zero attached hydrogens (tertiary/aromatic N) is 2. The van der Waals surface area contributed by atoms with Gasteiger partial charge in [0, 0.05) is 19.0 Å². The van der Waals surface area contributed by atoms with Crippen LogP contribution in [-0.4, -0.2) is 50.4 Å². The average molecular weight is 656 g/mol. The van der Waals surface area contributed by atoms with E-state index in [1.807, 2.05) is 89.2 Å². The number of anilines is 1. The Hall–Kier alpha value is -4.63. The van der Waals surface area contributed by atoms with Crippen molar-refractivity contribution in [2.75, 3.05) is 17.5 Å². The van der Waals surface area contributed by atoms with Gasteiger partial charge in [-0.3, -0.25) is 13.9 Å². The number of nitrogens with one attached hydrogen (secondary N) is 1. The van der Waals surface area contributed by atoms with Crippen LogP contribution >= 0.6 is 0 Å². The number of para-hydroxylation sites is 2. The number of aryl methyl sites for hydroxylation is 2. The maximum Gasteiger partial charge on any atom is 0.264 e. The second-order valence-electron chi connectivity index (χ2n) is 11.8. The van der Waals surface area contributed by atoms with Crippen molar-refractivity contribution >= 4 is 27.5 Å². The molecule has 9 heteroatoms. The average Bonchev–Trinajstić information content (AvgIpc) is 3.07. The Balaban J connectivity index is 1.84. The van der Waals surface area contributed by atoms with Crippen molar-refractivity contribution < 1.29 is 22.7 Å². The summed E-state index contributed by atoms with van der Waals surface area (Å²) in [5.41, 5.74) is 3.90. The zero-order valence-electron chi connectivity index (χ0n) is 27.8. The predicted octanol–water partition coefficient (Wildman–Crippen LogP) is 6.45. The summed E-state index contributed by atoms with van der Waals surface area (Å²) in [6.45, 7) is 9.44. The molecule has 0 aliphatic rings. The first-order chi connectivity index (χ1) is 22.5. The molecule has 0 heterocycles. The minimum atomic E-state index is -4.24. The molecule has 0 aliphatic heterocycles. The number of amides is 2. The van der Waals surface area contributed by atoms with E-state index < -0.39 is 28.5 Å². The molecular formula is C38H45N3O5S. The Morgan fingerprint density at radius 3 is 2.00 bits per heavy atom. The van der Waals surface area contributed by atoms with Crippen molar-refractivity contribution in [3.05, 3.63) is 125 Å². The van der Waals surface area contributed by atoms with E-state index in [0.717, 1.165) is 26.6 Å². The van der Waals surface area contributed by atoms with Crippen LogP contribution in [0.1, 0.15) is 49.4 Å². The van der Waals surface area contributed by atoms with Gasteiger partial charge in [-0.25, -0.2) is 8.42 Å². The van der Waals surface area contributed by atoms with Gasteiger partial charge >= 0.3 is 0 Å². The molecule has 0 radical (unpaired) electrons. The third kappa shape index (κ3) is 9.23. The predicted molar refractivity (Wildman–Crippen MR) is 187 cm³/mol. The highest BCUT2D eigenvalue weighted by molar-refractivity contribution is 7.92. The lowest BCUT2D eigenvalue weighted by atomic mass is 10.0. The minimum absolute atomic E-state index is 0.0441. The van der Waals surface area contributed by atoms with Crippen molar-refractivity contribution in [2.24, 2.45) is 0 Å². The molecule has 0 spiro atoms. The van der Waals surface area contributed by atoms with Gasteiger partial charge in [-0.1, -0.05) is 96.9 Å². The standard InChI is InChI=1S/C38H45N3O5S/c1-6-30(5)39-38(43)35(25-31-13-9-8-10-14-31)40(26-32-21-17-28(3)18-22-32)37(42)27-41(34-15-11-12-16-36(34)46-7-2)47(44,45)33-23-19-29(4)20-24-33/h8-24,30,35H,6-7,25-27H2,1-5H3,(H,39,43)/t30-,35-/m0/s1. The Morgan fingerprint density at radius 1 is 0.787 bits per heavy atom. The van der Waals surface area contributed by atoms with Crippen molar-refractivity contribution in [1.82, 2.24) is 10.2 Å². The normalized spacial score (nSPS) is 12.5. The summed E-state index contributed by atoms with van der Waals surface area (Å²) < 4.78 is 35.6. The molecule has 0 bridgehead atoms. The van der Waals surface area contributed by atoms with Gasteiger partial charge in [-0.2, -0.15) is 0 Å². The van der Waals surface area contributed by atoms with E-state index in [2.05, 4.69) is 5.32 Å². The second kappa shape index (κ2) is 16.3. The molecule has 8 nitrogen and oxygen atoms in total. The maximum atomic E-state index is 14.7. The van der Waals surface area contributed by atoms with Crippen LogP contribution in [0.25, 0.3) is 0 Å². The van der Waals surface area contributed by atoms with Gasteiger partial charge in [0.2, 0.25) is 11.8 Å². The Labute approximate surface area is 279 Å². The van der Waals surface area contributed by atoms with E-state index >= 15 is 0 Å². The highest BCUT2D eigenvalue weighted by atomic mass is 32.2. The van der Waals surface area contributed by atoms with Crippen LogP contribution in [0.15, 0.2) is 108 Å². The number of ether oxygens (including phenoxy) is 1. The molecule has 0 unspecified atom stereocenters. The monoisotopic (exact) mass is 655 g/mol. The van der Waals surface area contributed by atoms with Crippen LogP contribution in [0.4, 0.5) is 5.69 Å². The third-order valence-corrected chi connectivity index (χ3v) is 9.84. The van der Waals surface area contributed by atoms with Gasteiger partial charge in [-0.05, 0) is 69.5 Å². The fourth-order valence-electron chi connectivity index (χ4n) is 5.18. The molecule has 0 aliphatic carbocycles. The molecule has 2 atom stereocenters. The van der Waals surface area contributed by atoms with E-state index in [0.29, 0.717) is 18.8 Å². The minimum Gasteiger partial charge on any atom is -0.492 e. The molecule has 2 amide bonds. The van der Waals surface area contributed by atoms with E-state index in [9.17, 15) is 18.0 Å². The smallest absolute Gasteiger partial charge is 0.264 e. The summed E-state index contributed by atoms with van der Waals surface area (Å²) in [4.78, 5) is 30.2. The van der Waals surface area contributed by atoms with Crippen LogP contribution in [0.3, 0.4) is 0 Å². The number of sulfonamides is 1. The fourth-order valence-corrected chi connectivity index (χ4v) is 6.60. The lowest BCUT2D eigenvalue weighted by molar-refractivity contribution is -0.140. The Morgan fingerprint density at radius 2 is 1.38 bits per heavy atom. The largest absolute Gasteiger partial charge is 0.492 e. The van der Waals surface area contributed by atoms with Crippen molar-refractivity contribution in [2.45, 2.75) is 71.0 Å². The first-order valence-electron chi connectivity index (χ1n) is 16.0. The van der Waals surface area contributed by atoms with Crippen LogP contribution in [0, 0.1) is 13.8 Å². The van der Waals surface area contributed by atoms with Crippen molar-refractivity contribution in [1.29, 1.82) is 0 Å². The van der Waals surface area contributed by atoms with Gasteiger partial charge in [-0.15, -0.1) is 0 Å². The Kier molecular flexibility index (Phi) is 12.2. The highest BCUT2D eigenvalue weighted by Crippen LogP contribution is 2.33. The molecule has 0 saturated carbocycles. The lowest BCUT2D eigenvalue weighted by Crippen LogP contribution is -2.54. The quantitative estimate of drug-likeness (QED) is 0.159. The number of hydrogen-bond donors (Lipinski definition) is 1. The van der Waals surface area contributed by atoms with Gasteiger partial charge in [0.05, 0.1) is 17.2 Å². The third-order valence-electron chi connectivity index (χ3n) is 8.07. The number of rotatable bonds is 15. The summed E-state index contributed by atoms with van der Waals surface area (Å²) in [5.74, 6) is -0.488. The fraction of sp³-hybridized carbons (Fsp3) is 0.316. The molecule has 0 aromatic heterocycles. The van der Waals surface area contributed by atoms with Crippen molar-refractivity contribution in [3.63, 3.8) is 0 Å². The van der Waals surface area contributed by atoms with Gasteiger partial charge in [0.15, 0.2) is 0 Å². The van der Waals surface area contributed by atoms with E-state index in [1.54, 1.807) is 36.4 Å². The number of carbonyl (C=O) groups excluding carboxylic acids is 2. The number of benzene rings is 4. The van der Waals surface area contributed by atoms with Crippen molar-refractivity contribution in [3.8, 4) is 5.75 Å². The zero-order valence-corrected chi connectivity index (χ0v) is 28.7. The summed E-state index contributed by atoms with van der Waals surface area (Å²) in [6, 6.07) is 29.6. The molecule has 1 N–H and O–H groups in total. The first kappa shape index (κ1) is 35.2.